The molecule has 0 saturated heterocycles. The first-order valence-electron chi connectivity index (χ1n) is 6.66. The Morgan fingerprint density at radius 1 is 1.21 bits per heavy atom. The Bertz CT molecular complexity index is 459. The van der Waals surface area contributed by atoms with Crippen LogP contribution in [0.5, 0.6) is 11.5 Å². The van der Waals surface area contributed by atoms with Gasteiger partial charge in [-0.2, -0.15) is 0 Å². The molecule has 0 spiro atoms. The molecule has 5 heteroatoms. The van der Waals surface area contributed by atoms with Crippen LogP contribution in [0, 0.1) is 0 Å². The topological polar surface area (TPSA) is 71.0 Å². The summed E-state index contributed by atoms with van der Waals surface area (Å²) >= 11 is 0. The molecule has 3 rings (SSSR count). The van der Waals surface area contributed by atoms with E-state index in [4.69, 9.17) is 9.47 Å². The van der Waals surface area contributed by atoms with E-state index in [1.54, 1.807) is 0 Å². The lowest BCUT2D eigenvalue weighted by molar-refractivity contribution is 0.150. The number of aliphatic hydroxyl groups excluding tert-OH is 2. The third-order valence-corrected chi connectivity index (χ3v) is 3.78. The first-order valence-corrected chi connectivity index (χ1v) is 6.66. The molecule has 0 aromatic heterocycles. The molecule has 1 fully saturated rings. The van der Waals surface area contributed by atoms with Crippen molar-refractivity contribution in [1.29, 1.82) is 0 Å². The van der Waals surface area contributed by atoms with Crippen molar-refractivity contribution in [3.63, 3.8) is 0 Å². The molecule has 104 valence electrons. The molecule has 2 aliphatic rings. The molecule has 1 saturated carbocycles. The zero-order valence-electron chi connectivity index (χ0n) is 10.8. The molecule has 0 amide bonds. The largest absolute Gasteiger partial charge is 0.486 e. The van der Waals surface area contributed by atoms with Crippen molar-refractivity contribution in [2.45, 2.75) is 24.5 Å². The molecule has 3 N–H and O–H groups in total. The molecule has 0 radical (unpaired) electrons. The maximum Gasteiger partial charge on any atom is 0.161 e. The van der Waals surface area contributed by atoms with Crippen LogP contribution in [0.2, 0.25) is 0 Å². The van der Waals surface area contributed by atoms with Gasteiger partial charge in [-0.15, -0.1) is 0 Å². The highest BCUT2D eigenvalue weighted by Crippen LogP contribution is 2.36. The number of rotatable bonds is 5. The van der Waals surface area contributed by atoms with Gasteiger partial charge in [-0.25, -0.2) is 0 Å². The van der Waals surface area contributed by atoms with Crippen molar-refractivity contribution >= 4 is 0 Å². The molecular weight excluding hydrogens is 246 g/mol. The van der Waals surface area contributed by atoms with Gasteiger partial charge in [-0.05, 0) is 30.5 Å². The van der Waals surface area contributed by atoms with E-state index in [0.717, 1.165) is 24.2 Å². The Morgan fingerprint density at radius 3 is 2.63 bits per heavy atom. The predicted molar refractivity (Wildman–Crippen MR) is 69.4 cm³/mol. The van der Waals surface area contributed by atoms with E-state index in [9.17, 15) is 10.2 Å². The quantitative estimate of drug-likeness (QED) is 0.727. The minimum atomic E-state index is -0.611. The fourth-order valence-corrected chi connectivity index (χ4v) is 2.24. The molecule has 19 heavy (non-hydrogen) atoms. The summed E-state index contributed by atoms with van der Waals surface area (Å²) in [7, 11) is 0. The SMILES string of the molecule is OCC1(NCC(O)c2ccc3c(c2)OCCO3)CC1. The van der Waals surface area contributed by atoms with E-state index >= 15 is 0 Å². The molecule has 1 atom stereocenters. The third-order valence-electron chi connectivity index (χ3n) is 3.78. The molecular formula is C14H19NO4. The van der Waals surface area contributed by atoms with Crippen LogP contribution in [0.25, 0.3) is 0 Å². The zero-order chi connectivity index (χ0) is 13.3. The average molecular weight is 265 g/mol. The number of hydrogen-bond acceptors (Lipinski definition) is 5. The number of benzene rings is 1. The van der Waals surface area contributed by atoms with E-state index < -0.39 is 6.10 Å². The molecule has 5 nitrogen and oxygen atoms in total. The van der Waals surface area contributed by atoms with Crippen LogP contribution in [0.3, 0.4) is 0 Å². The van der Waals surface area contributed by atoms with Gasteiger partial charge in [-0.1, -0.05) is 6.07 Å². The van der Waals surface area contributed by atoms with E-state index in [0.29, 0.717) is 25.5 Å². The lowest BCUT2D eigenvalue weighted by Gasteiger charge is -2.21. The summed E-state index contributed by atoms with van der Waals surface area (Å²) < 4.78 is 10.9. The van der Waals surface area contributed by atoms with Crippen molar-refractivity contribution in [3.05, 3.63) is 23.8 Å². The summed E-state index contributed by atoms with van der Waals surface area (Å²) in [5.41, 5.74) is 0.639. The van der Waals surface area contributed by atoms with Gasteiger partial charge in [-0.3, -0.25) is 0 Å². The summed E-state index contributed by atoms with van der Waals surface area (Å²) in [6.45, 7) is 1.66. The summed E-state index contributed by atoms with van der Waals surface area (Å²) in [5, 5.41) is 22.6. The van der Waals surface area contributed by atoms with E-state index in [1.165, 1.54) is 0 Å². The minimum Gasteiger partial charge on any atom is -0.486 e. The molecule has 1 unspecified atom stereocenters. The monoisotopic (exact) mass is 265 g/mol. The summed E-state index contributed by atoms with van der Waals surface area (Å²) in [6.07, 6.45) is 1.33. The average Bonchev–Trinajstić information content (AvgIpc) is 3.25. The van der Waals surface area contributed by atoms with Crippen LogP contribution in [0.1, 0.15) is 24.5 Å². The van der Waals surface area contributed by atoms with Gasteiger partial charge >= 0.3 is 0 Å². The van der Waals surface area contributed by atoms with Crippen LogP contribution < -0.4 is 14.8 Å². The molecule has 1 aromatic carbocycles. The summed E-state index contributed by atoms with van der Waals surface area (Å²) in [5.74, 6) is 1.41. The van der Waals surface area contributed by atoms with Crippen molar-refractivity contribution in [3.8, 4) is 11.5 Å². The number of ether oxygens (including phenoxy) is 2. The first-order chi connectivity index (χ1) is 9.22. The van der Waals surface area contributed by atoms with Gasteiger partial charge in [0.05, 0.1) is 12.7 Å². The van der Waals surface area contributed by atoms with Gasteiger partial charge in [0.15, 0.2) is 11.5 Å². The maximum absolute atomic E-state index is 10.2. The minimum absolute atomic E-state index is 0.126. The molecule has 0 bridgehead atoms. The van der Waals surface area contributed by atoms with Gasteiger partial charge < -0.3 is 25.0 Å². The van der Waals surface area contributed by atoms with Gasteiger partial charge in [0.1, 0.15) is 13.2 Å². The normalized spacial score (nSPS) is 20.9. The molecule has 1 heterocycles. The fraction of sp³-hybridized carbons (Fsp3) is 0.571. The number of aliphatic hydroxyl groups is 2. The van der Waals surface area contributed by atoms with Crippen molar-refractivity contribution < 1.29 is 19.7 Å². The lowest BCUT2D eigenvalue weighted by Crippen LogP contribution is -2.37. The summed E-state index contributed by atoms with van der Waals surface area (Å²) in [6, 6.07) is 5.49. The fourth-order valence-electron chi connectivity index (χ4n) is 2.24. The molecule has 1 aromatic rings. The third kappa shape index (κ3) is 2.68. The number of fused-ring (bicyclic) bond motifs is 1. The number of nitrogens with one attached hydrogen (secondary N) is 1. The highest BCUT2D eigenvalue weighted by molar-refractivity contribution is 5.44. The lowest BCUT2D eigenvalue weighted by atomic mass is 10.1. The van der Waals surface area contributed by atoms with Crippen LogP contribution >= 0.6 is 0 Å². The molecule has 1 aliphatic carbocycles. The Labute approximate surface area is 112 Å². The second kappa shape index (κ2) is 5.00. The Balaban J connectivity index is 1.64. The number of β-amino-alcohol motifs (C(OH)–C–C–N with tert-alkyl or cyclic N) is 1. The highest BCUT2D eigenvalue weighted by atomic mass is 16.6. The Hall–Kier alpha value is -1.30. The smallest absolute Gasteiger partial charge is 0.161 e. The first kappa shape index (κ1) is 12.7. The van der Waals surface area contributed by atoms with E-state index in [2.05, 4.69) is 5.32 Å². The zero-order valence-corrected chi connectivity index (χ0v) is 10.8. The van der Waals surface area contributed by atoms with Gasteiger partial charge in [0.25, 0.3) is 0 Å². The van der Waals surface area contributed by atoms with E-state index in [-0.39, 0.29) is 12.1 Å². The van der Waals surface area contributed by atoms with Crippen molar-refractivity contribution in [2.24, 2.45) is 0 Å². The van der Waals surface area contributed by atoms with Crippen LogP contribution in [0.4, 0.5) is 0 Å². The predicted octanol–water partition coefficient (Wildman–Crippen LogP) is 0.606. The Morgan fingerprint density at radius 2 is 1.95 bits per heavy atom. The maximum atomic E-state index is 10.2. The number of hydrogen-bond donors (Lipinski definition) is 3. The standard InChI is InChI=1S/C14H19NO4/c16-9-14(3-4-14)15-8-11(17)10-1-2-12-13(7-10)19-6-5-18-12/h1-2,7,11,15-17H,3-6,8-9H2. The van der Waals surface area contributed by atoms with Crippen LogP contribution in [-0.4, -0.2) is 42.1 Å². The van der Waals surface area contributed by atoms with Crippen molar-refractivity contribution in [2.75, 3.05) is 26.4 Å². The molecule has 1 aliphatic heterocycles. The van der Waals surface area contributed by atoms with Gasteiger partial charge in [0.2, 0.25) is 0 Å². The van der Waals surface area contributed by atoms with Crippen LogP contribution in [0.15, 0.2) is 18.2 Å². The Kier molecular flexibility index (Phi) is 3.35. The highest BCUT2D eigenvalue weighted by Gasteiger charge is 2.41. The van der Waals surface area contributed by atoms with Crippen molar-refractivity contribution in [1.82, 2.24) is 5.32 Å². The second-order valence-electron chi connectivity index (χ2n) is 5.24. The van der Waals surface area contributed by atoms with Gasteiger partial charge in [0, 0.05) is 12.1 Å². The second-order valence-corrected chi connectivity index (χ2v) is 5.24. The van der Waals surface area contributed by atoms with E-state index in [1.807, 2.05) is 18.2 Å². The van der Waals surface area contributed by atoms with Crippen LogP contribution in [-0.2, 0) is 0 Å². The summed E-state index contributed by atoms with van der Waals surface area (Å²) in [4.78, 5) is 0.